The van der Waals surface area contributed by atoms with Crippen LogP contribution in [0.4, 0.5) is 5.69 Å². The van der Waals surface area contributed by atoms with Gasteiger partial charge in [0, 0.05) is 12.5 Å². The maximum atomic E-state index is 11.1. The third-order valence-corrected chi connectivity index (χ3v) is 2.91. The molecule has 1 atom stereocenters. The Kier molecular flexibility index (Phi) is 2.72. The fourth-order valence-electron chi connectivity index (χ4n) is 2.07. The second kappa shape index (κ2) is 4.52. The van der Waals surface area contributed by atoms with Gasteiger partial charge in [-0.15, -0.1) is 0 Å². The van der Waals surface area contributed by atoms with Crippen molar-refractivity contribution in [2.24, 2.45) is 0 Å². The summed E-state index contributed by atoms with van der Waals surface area (Å²) >= 11 is 0. The summed E-state index contributed by atoms with van der Waals surface area (Å²) in [4.78, 5) is 11.1. The van der Waals surface area contributed by atoms with E-state index in [-0.39, 0.29) is 11.7 Å². The highest BCUT2D eigenvalue weighted by molar-refractivity contribution is 5.41. The van der Waals surface area contributed by atoms with Crippen LogP contribution in [0.1, 0.15) is 5.56 Å². The largest absolute Gasteiger partial charge is 0.488 e. The fraction of sp³-hybridized carbons (Fsp3) is 0.231. The zero-order chi connectivity index (χ0) is 12.4. The number of anilines is 1. The summed E-state index contributed by atoms with van der Waals surface area (Å²) in [6, 6.07) is 9.51. The number of para-hydroxylation sites is 1. The molecule has 2 N–H and O–H groups in total. The van der Waals surface area contributed by atoms with E-state index < -0.39 is 0 Å². The number of nitrogens with zero attached hydrogens (tertiary/aromatic N) is 1. The normalized spacial score (nSPS) is 17.0. The first-order valence-electron chi connectivity index (χ1n) is 5.84. The Hall–Kier alpha value is -2.30. The molecule has 0 radical (unpaired) electrons. The first-order valence-corrected chi connectivity index (χ1v) is 5.84. The van der Waals surface area contributed by atoms with Crippen LogP contribution in [0.15, 0.2) is 41.3 Å². The van der Waals surface area contributed by atoms with E-state index in [1.54, 1.807) is 6.20 Å². The molecule has 0 aliphatic carbocycles. The number of aromatic nitrogens is 2. The van der Waals surface area contributed by atoms with Crippen LogP contribution in [-0.4, -0.2) is 22.8 Å². The van der Waals surface area contributed by atoms with Crippen molar-refractivity contribution in [3.05, 3.63) is 52.4 Å². The number of H-pyrrole nitrogens is 1. The molecule has 3 rings (SSSR count). The van der Waals surface area contributed by atoms with Gasteiger partial charge in [-0.2, -0.15) is 5.10 Å². The summed E-state index contributed by atoms with van der Waals surface area (Å²) in [5, 5.41) is 9.22. The zero-order valence-corrected chi connectivity index (χ0v) is 9.72. The van der Waals surface area contributed by atoms with Crippen LogP contribution < -0.4 is 15.6 Å². The monoisotopic (exact) mass is 243 g/mol. The number of aromatic amines is 1. The molecule has 18 heavy (non-hydrogen) atoms. The molecule has 1 aliphatic heterocycles. The maximum Gasteiger partial charge on any atom is 0.266 e. The van der Waals surface area contributed by atoms with Crippen molar-refractivity contribution in [1.82, 2.24) is 10.2 Å². The van der Waals surface area contributed by atoms with E-state index in [2.05, 4.69) is 21.6 Å². The van der Waals surface area contributed by atoms with Crippen LogP contribution in [-0.2, 0) is 6.42 Å². The molecule has 5 heteroatoms. The molecule has 1 unspecified atom stereocenters. The van der Waals surface area contributed by atoms with Crippen LogP contribution in [0, 0.1) is 0 Å². The molecule has 1 aliphatic rings. The molecule has 0 bridgehead atoms. The zero-order valence-electron chi connectivity index (χ0n) is 9.72. The minimum atomic E-state index is -0.212. The highest BCUT2D eigenvalue weighted by Crippen LogP contribution is 2.28. The fourth-order valence-corrected chi connectivity index (χ4v) is 2.07. The van der Waals surface area contributed by atoms with E-state index in [0.29, 0.717) is 12.2 Å². The van der Waals surface area contributed by atoms with E-state index in [0.717, 1.165) is 12.2 Å². The van der Waals surface area contributed by atoms with E-state index >= 15 is 0 Å². The average molecular weight is 243 g/mol. The van der Waals surface area contributed by atoms with Crippen LogP contribution >= 0.6 is 0 Å². The summed E-state index contributed by atoms with van der Waals surface area (Å²) < 4.78 is 5.79. The first-order chi connectivity index (χ1) is 8.81. The second-order valence-electron chi connectivity index (χ2n) is 4.27. The van der Waals surface area contributed by atoms with Gasteiger partial charge in [0.25, 0.3) is 5.56 Å². The van der Waals surface area contributed by atoms with Gasteiger partial charge < -0.3 is 10.1 Å². The van der Waals surface area contributed by atoms with Crippen molar-refractivity contribution in [2.75, 3.05) is 11.9 Å². The topological polar surface area (TPSA) is 67.0 Å². The standard InChI is InChI=1S/C13H13N3O2/c17-13-6-10(7-15-16-13)14-8-11-5-9-3-1-2-4-12(9)18-11/h1-4,6-7,11H,5,8H2,(H2,14,16,17). The molecular formula is C13H13N3O2. The third-order valence-electron chi connectivity index (χ3n) is 2.91. The van der Waals surface area contributed by atoms with Gasteiger partial charge in [-0.3, -0.25) is 4.79 Å². The molecule has 1 aromatic carbocycles. The highest BCUT2D eigenvalue weighted by atomic mass is 16.5. The number of benzene rings is 1. The average Bonchev–Trinajstić information content (AvgIpc) is 2.79. The molecule has 0 amide bonds. The Morgan fingerprint density at radius 1 is 1.44 bits per heavy atom. The molecule has 0 saturated heterocycles. The molecule has 1 aromatic heterocycles. The van der Waals surface area contributed by atoms with Crippen molar-refractivity contribution >= 4 is 5.69 Å². The summed E-state index contributed by atoms with van der Waals surface area (Å²) in [5.41, 5.74) is 1.72. The van der Waals surface area contributed by atoms with Gasteiger partial charge in [0.2, 0.25) is 0 Å². The lowest BCUT2D eigenvalue weighted by Crippen LogP contribution is -2.24. The van der Waals surface area contributed by atoms with Gasteiger partial charge in [0.05, 0.1) is 18.4 Å². The summed E-state index contributed by atoms with van der Waals surface area (Å²) in [7, 11) is 0. The number of hydrogen-bond acceptors (Lipinski definition) is 4. The lowest BCUT2D eigenvalue weighted by Gasteiger charge is -2.12. The van der Waals surface area contributed by atoms with Crippen molar-refractivity contribution in [1.29, 1.82) is 0 Å². The predicted molar refractivity (Wildman–Crippen MR) is 67.9 cm³/mol. The SMILES string of the molecule is O=c1cc(NCC2Cc3ccccc3O2)cn[nH]1. The van der Waals surface area contributed by atoms with E-state index in [1.807, 2.05) is 18.2 Å². The number of fused-ring (bicyclic) bond motifs is 1. The van der Waals surface area contributed by atoms with Gasteiger partial charge in [-0.1, -0.05) is 18.2 Å². The Balaban J connectivity index is 1.62. The molecule has 92 valence electrons. The summed E-state index contributed by atoms with van der Waals surface area (Å²) in [6.45, 7) is 0.653. The Morgan fingerprint density at radius 2 is 2.33 bits per heavy atom. The van der Waals surface area contributed by atoms with Crippen LogP contribution in [0.25, 0.3) is 0 Å². The molecular weight excluding hydrogens is 230 g/mol. The Morgan fingerprint density at radius 3 is 3.17 bits per heavy atom. The Bertz CT molecular complexity index is 584. The van der Waals surface area contributed by atoms with Crippen molar-refractivity contribution < 1.29 is 4.74 Å². The summed E-state index contributed by atoms with van der Waals surface area (Å²) in [5.74, 6) is 0.952. The van der Waals surface area contributed by atoms with Gasteiger partial charge in [0.15, 0.2) is 0 Å². The van der Waals surface area contributed by atoms with E-state index in [1.165, 1.54) is 11.6 Å². The quantitative estimate of drug-likeness (QED) is 0.849. The van der Waals surface area contributed by atoms with Crippen LogP contribution in [0.5, 0.6) is 5.75 Å². The van der Waals surface area contributed by atoms with Gasteiger partial charge in [-0.05, 0) is 11.6 Å². The second-order valence-corrected chi connectivity index (χ2v) is 4.27. The maximum absolute atomic E-state index is 11.1. The van der Waals surface area contributed by atoms with Crippen molar-refractivity contribution in [3.8, 4) is 5.75 Å². The van der Waals surface area contributed by atoms with Crippen molar-refractivity contribution in [2.45, 2.75) is 12.5 Å². The first kappa shape index (κ1) is 10.8. The third kappa shape index (κ3) is 2.20. The summed E-state index contributed by atoms with van der Waals surface area (Å²) in [6.07, 6.45) is 2.57. The number of nitrogens with one attached hydrogen (secondary N) is 2. The van der Waals surface area contributed by atoms with E-state index in [4.69, 9.17) is 4.74 Å². The Labute approximate surface area is 104 Å². The minimum Gasteiger partial charge on any atom is -0.488 e. The lowest BCUT2D eigenvalue weighted by molar-refractivity contribution is 0.246. The molecule has 0 saturated carbocycles. The van der Waals surface area contributed by atoms with Crippen molar-refractivity contribution in [3.63, 3.8) is 0 Å². The predicted octanol–water partition coefficient (Wildman–Crippen LogP) is 1.19. The van der Waals surface area contributed by atoms with Gasteiger partial charge >= 0.3 is 0 Å². The highest BCUT2D eigenvalue weighted by Gasteiger charge is 2.21. The lowest BCUT2D eigenvalue weighted by atomic mass is 10.1. The number of ether oxygens (including phenoxy) is 1. The van der Waals surface area contributed by atoms with E-state index in [9.17, 15) is 4.79 Å². The number of hydrogen-bond donors (Lipinski definition) is 2. The molecule has 2 aromatic rings. The minimum absolute atomic E-state index is 0.0988. The molecule has 0 spiro atoms. The molecule has 5 nitrogen and oxygen atoms in total. The molecule has 2 heterocycles. The van der Waals surface area contributed by atoms with Gasteiger partial charge in [0.1, 0.15) is 11.9 Å². The smallest absolute Gasteiger partial charge is 0.266 e. The molecule has 0 fully saturated rings. The number of rotatable bonds is 3. The van der Waals surface area contributed by atoms with Gasteiger partial charge in [-0.25, -0.2) is 5.10 Å². The van der Waals surface area contributed by atoms with Crippen LogP contribution in [0.3, 0.4) is 0 Å². The van der Waals surface area contributed by atoms with Crippen LogP contribution in [0.2, 0.25) is 0 Å².